The second-order valence-electron chi connectivity index (χ2n) is 6.34. The lowest BCUT2D eigenvalue weighted by Crippen LogP contribution is -2.25. The smallest absolute Gasteiger partial charge is 0.259 e. The topological polar surface area (TPSA) is 58.4 Å². The molecule has 0 spiro atoms. The van der Waals surface area contributed by atoms with Gasteiger partial charge in [-0.05, 0) is 38.0 Å². The summed E-state index contributed by atoms with van der Waals surface area (Å²) in [6.07, 6.45) is 1.71. The maximum absolute atomic E-state index is 11.8. The van der Waals surface area contributed by atoms with Crippen molar-refractivity contribution in [3.63, 3.8) is 0 Å². The molecule has 1 amide bonds. The zero-order chi connectivity index (χ0) is 17.5. The SMILES string of the molecule is Cc1cc(/C=N/NC(=O)CNc2ccccc2)c(C)n1CC(C)C. The molecule has 128 valence electrons. The molecule has 0 saturated carbocycles. The Balaban J connectivity index is 1.88. The number of nitrogens with zero attached hydrogens (tertiary/aromatic N) is 2. The van der Waals surface area contributed by atoms with Crippen molar-refractivity contribution in [2.45, 2.75) is 34.2 Å². The molecule has 0 atom stereocenters. The molecule has 2 rings (SSSR count). The molecule has 0 aliphatic rings. The van der Waals surface area contributed by atoms with Gasteiger partial charge >= 0.3 is 0 Å². The van der Waals surface area contributed by atoms with E-state index >= 15 is 0 Å². The van der Waals surface area contributed by atoms with E-state index in [2.05, 4.69) is 54.2 Å². The Bertz CT molecular complexity index is 702. The average molecular weight is 326 g/mol. The Hall–Kier alpha value is -2.56. The third-order valence-electron chi connectivity index (χ3n) is 3.78. The van der Waals surface area contributed by atoms with Crippen LogP contribution < -0.4 is 10.7 Å². The van der Waals surface area contributed by atoms with Crippen LogP contribution in [0.2, 0.25) is 0 Å². The van der Waals surface area contributed by atoms with Crippen molar-refractivity contribution in [2.24, 2.45) is 11.0 Å². The third-order valence-corrected chi connectivity index (χ3v) is 3.78. The number of amides is 1. The van der Waals surface area contributed by atoms with Crippen LogP contribution in [0.3, 0.4) is 0 Å². The molecule has 0 fully saturated rings. The lowest BCUT2D eigenvalue weighted by Gasteiger charge is -2.11. The van der Waals surface area contributed by atoms with E-state index < -0.39 is 0 Å². The van der Waals surface area contributed by atoms with E-state index in [1.807, 2.05) is 30.3 Å². The number of anilines is 1. The lowest BCUT2D eigenvalue weighted by atomic mass is 10.2. The number of rotatable bonds is 7. The molecule has 1 heterocycles. The summed E-state index contributed by atoms with van der Waals surface area (Å²) in [5, 5.41) is 7.12. The molecule has 5 nitrogen and oxygen atoms in total. The van der Waals surface area contributed by atoms with Gasteiger partial charge in [0.2, 0.25) is 0 Å². The van der Waals surface area contributed by atoms with Gasteiger partial charge in [-0.1, -0.05) is 32.0 Å². The largest absolute Gasteiger partial charge is 0.376 e. The Kier molecular flexibility index (Phi) is 6.18. The minimum absolute atomic E-state index is 0.175. The zero-order valence-corrected chi connectivity index (χ0v) is 14.8. The summed E-state index contributed by atoms with van der Waals surface area (Å²) >= 11 is 0. The number of aromatic nitrogens is 1. The first-order valence-corrected chi connectivity index (χ1v) is 8.25. The number of benzene rings is 1. The van der Waals surface area contributed by atoms with Gasteiger partial charge in [0.25, 0.3) is 5.91 Å². The molecule has 0 saturated heterocycles. The van der Waals surface area contributed by atoms with Crippen LogP contribution in [0.15, 0.2) is 41.5 Å². The lowest BCUT2D eigenvalue weighted by molar-refractivity contribution is -0.119. The van der Waals surface area contributed by atoms with Gasteiger partial charge in [0.15, 0.2) is 0 Å². The Labute approximate surface area is 143 Å². The molecule has 1 aromatic heterocycles. The molecule has 0 radical (unpaired) electrons. The third kappa shape index (κ3) is 4.98. The van der Waals surface area contributed by atoms with E-state index in [1.54, 1.807) is 6.21 Å². The van der Waals surface area contributed by atoms with E-state index in [1.165, 1.54) is 11.4 Å². The highest BCUT2D eigenvalue weighted by atomic mass is 16.2. The van der Waals surface area contributed by atoms with Crippen molar-refractivity contribution in [2.75, 3.05) is 11.9 Å². The van der Waals surface area contributed by atoms with Crippen LogP contribution in [0.25, 0.3) is 0 Å². The van der Waals surface area contributed by atoms with Crippen LogP contribution in [-0.4, -0.2) is 23.2 Å². The Morgan fingerprint density at radius 1 is 1.25 bits per heavy atom. The normalized spacial score (nSPS) is 11.2. The molecule has 1 aromatic carbocycles. The molecular formula is C19H26N4O. The first-order chi connectivity index (χ1) is 11.5. The van der Waals surface area contributed by atoms with Gasteiger partial charge in [-0.3, -0.25) is 4.79 Å². The number of para-hydroxylation sites is 1. The van der Waals surface area contributed by atoms with Crippen molar-refractivity contribution in [3.8, 4) is 0 Å². The minimum Gasteiger partial charge on any atom is -0.376 e. The van der Waals surface area contributed by atoms with Crippen LogP contribution in [0, 0.1) is 19.8 Å². The van der Waals surface area contributed by atoms with Crippen LogP contribution in [0.4, 0.5) is 5.69 Å². The van der Waals surface area contributed by atoms with E-state index in [0.29, 0.717) is 5.92 Å². The summed E-state index contributed by atoms with van der Waals surface area (Å²) in [7, 11) is 0. The van der Waals surface area contributed by atoms with Crippen LogP contribution in [-0.2, 0) is 11.3 Å². The fraction of sp³-hybridized carbons (Fsp3) is 0.368. The van der Waals surface area contributed by atoms with E-state index in [9.17, 15) is 4.79 Å². The molecule has 5 heteroatoms. The van der Waals surface area contributed by atoms with Gasteiger partial charge < -0.3 is 9.88 Å². The van der Waals surface area contributed by atoms with Crippen LogP contribution in [0.5, 0.6) is 0 Å². The van der Waals surface area contributed by atoms with Crippen molar-refractivity contribution in [3.05, 3.63) is 53.3 Å². The van der Waals surface area contributed by atoms with Gasteiger partial charge in [0.1, 0.15) is 0 Å². The zero-order valence-electron chi connectivity index (χ0n) is 14.8. The van der Waals surface area contributed by atoms with Gasteiger partial charge in [0, 0.05) is 29.2 Å². The van der Waals surface area contributed by atoms with Crippen molar-refractivity contribution in [1.29, 1.82) is 0 Å². The molecule has 0 aliphatic heterocycles. The molecule has 2 aromatic rings. The van der Waals surface area contributed by atoms with E-state index in [0.717, 1.165) is 17.8 Å². The van der Waals surface area contributed by atoms with E-state index in [4.69, 9.17) is 0 Å². The molecular weight excluding hydrogens is 300 g/mol. The fourth-order valence-corrected chi connectivity index (χ4v) is 2.56. The molecule has 0 unspecified atom stereocenters. The maximum Gasteiger partial charge on any atom is 0.259 e. The number of carbonyl (C=O) groups excluding carboxylic acids is 1. The summed E-state index contributed by atoms with van der Waals surface area (Å²) in [4.78, 5) is 11.8. The standard InChI is InChI=1S/C19H26N4O/c1-14(2)13-23-15(3)10-17(16(23)4)11-21-22-19(24)12-20-18-8-6-5-7-9-18/h5-11,14,20H,12-13H2,1-4H3,(H,22,24)/b21-11+. The Morgan fingerprint density at radius 3 is 2.62 bits per heavy atom. The van der Waals surface area contributed by atoms with Crippen molar-refractivity contribution >= 4 is 17.8 Å². The first-order valence-electron chi connectivity index (χ1n) is 8.25. The number of nitrogens with one attached hydrogen (secondary N) is 2. The maximum atomic E-state index is 11.8. The molecule has 24 heavy (non-hydrogen) atoms. The summed E-state index contributed by atoms with van der Waals surface area (Å²) < 4.78 is 2.28. The van der Waals surface area contributed by atoms with Gasteiger partial charge in [0.05, 0.1) is 12.8 Å². The van der Waals surface area contributed by atoms with Gasteiger partial charge in [-0.15, -0.1) is 0 Å². The summed E-state index contributed by atoms with van der Waals surface area (Å²) in [6.45, 7) is 9.75. The highest BCUT2D eigenvalue weighted by Gasteiger charge is 2.08. The highest BCUT2D eigenvalue weighted by Crippen LogP contribution is 2.15. The van der Waals surface area contributed by atoms with E-state index in [-0.39, 0.29) is 12.5 Å². The van der Waals surface area contributed by atoms with Crippen molar-refractivity contribution in [1.82, 2.24) is 9.99 Å². The highest BCUT2D eigenvalue weighted by molar-refractivity contribution is 5.85. The summed E-state index contributed by atoms with van der Waals surface area (Å²) in [6, 6.07) is 11.7. The van der Waals surface area contributed by atoms with Gasteiger partial charge in [-0.25, -0.2) is 5.43 Å². The van der Waals surface area contributed by atoms with Crippen LogP contribution in [0.1, 0.15) is 30.8 Å². The summed E-state index contributed by atoms with van der Waals surface area (Å²) in [5.41, 5.74) is 6.88. The minimum atomic E-state index is -0.175. The number of hydrogen-bond donors (Lipinski definition) is 2. The predicted octanol–water partition coefficient (Wildman–Crippen LogP) is 3.32. The molecule has 2 N–H and O–H groups in total. The monoisotopic (exact) mass is 326 g/mol. The quantitative estimate of drug-likeness (QED) is 0.606. The Morgan fingerprint density at radius 2 is 1.96 bits per heavy atom. The van der Waals surface area contributed by atoms with Crippen LogP contribution >= 0.6 is 0 Å². The summed E-state index contributed by atoms with van der Waals surface area (Å²) in [5.74, 6) is 0.412. The number of hydrazone groups is 1. The number of hydrogen-bond acceptors (Lipinski definition) is 3. The molecule has 0 bridgehead atoms. The molecule has 0 aliphatic carbocycles. The predicted molar refractivity (Wildman–Crippen MR) is 99.4 cm³/mol. The fourth-order valence-electron chi connectivity index (χ4n) is 2.56. The second-order valence-corrected chi connectivity index (χ2v) is 6.34. The van der Waals surface area contributed by atoms with Gasteiger partial charge in [-0.2, -0.15) is 5.10 Å². The second kappa shape index (κ2) is 8.34. The number of carbonyl (C=O) groups is 1. The number of aryl methyl sites for hydroxylation is 1. The first kappa shape index (κ1) is 17.8. The average Bonchev–Trinajstić information content (AvgIpc) is 2.81. The van der Waals surface area contributed by atoms with Crippen molar-refractivity contribution < 1.29 is 4.79 Å².